The van der Waals surface area contributed by atoms with Crippen LogP contribution in [0.4, 0.5) is 5.69 Å². The summed E-state index contributed by atoms with van der Waals surface area (Å²) >= 11 is 0. The molecule has 0 bridgehead atoms. The summed E-state index contributed by atoms with van der Waals surface area (Å²) in [6.45, 7) is 6.08. The number of anilines is 1. The first-order valence-corrected chi connectivity index (χ1v) is 5.73. The van der Waals surface area contributed by atoms with Crippen molar-refractivity contribution in [3.05, 3.63) is 30.3 Å². The fourth-order valence-corrected chi connectivity index (χ4v) is 1.26. The average Bonchev–Trinajstić information content (AvgIpc) is 2.29. The lowest BCUT2D eigenvalue weighted by molar-refractivity contribution is 0.0635. The molecule has 0 aliphatic heterocycles. The molecule has 0 aliphatic rings. The van der Waals surface area contributed by atoms with Gasteiger partial charge in [0.25, 0.3) is 0 Å². The maximum absolute atomic E-state index is 5.59. The second-order valence-electron chi connectivity index (χ2n) is 3.74. The molecule has 84 valence electrons. The van der Waals surface area contributed by atoms with Crippen LogP contribution in [0.25, 0.3) is 0 Å². The second-order valence-corrected chi connectivity index (χ2v) is 3.74. The van der Waals surface area contributed by atoms with Gasteiger partial charge >= 0.3 is 0 Å². The largest absolute Gasteiger partial charge is 0.385 e. The lowest BCUT2D eigenvalue weighted by atomic mass is 10.3. The van der Waals surface area contributed by atoms with E-state index in [1.54, 1.807) is 0 Å². The summed E-state index contributed by atoms with van der Waals surface area (Å²) in [6.07, 6.45) is 2.53. The minimum Gasteiger partial charge on any atom is -0.385 e. The van der Waals surface area contributed by atoms with E-state index >= 15 is 0 Å². The van der Waals surface area contributed by atoms with Crippen molar-refractivity contribution in [2.45, 2.75) is 32.8 Å². The van der Waals surface area contributed by atoms with Crippen LogP contribution in [0, 0.1) is 0 Å². The van der Waals surface area contributed by atoms with Crippen LogP contribution in [0.1, 0.15) is 26.7 Å². The third kappa shape index (κ3) is 5.43. The van der Waals surface area contributed by atoms with Crippen LogP contribution in [0.2, 0.25) is 0 Å². The van der Waals surface area contributed by atoms with Gasteiger partial charge in [-0.3, -0.25) is 0 Å². The standard InChI is InChI=1S/C13H21NO/c1-3-12(2)15-11-7-10-14-13-8-5-4-6-9-13/h4-6,8-9,12,14H,3,7,10-11H2,1-2H3. The predicted molar refractivity (Wildman–Crippen MR) is 65.3 cm³/mol. The minimum absolute atomic E-state index is 0.390. The summed E-state index contributed by atoms with van der Waals surface area (Å²) in [6, 6.07) is 10.3. The van der Waals surface area contributed by atoms with Crippen molar-refractivity contribution < 1.29 is 4.74 Å². The molecular weight excluding hydrogens is 186 g/mol. The molecule has 15 heavy (non-hydrogen) atoms. The van der Waals surface area contributed by atoms with Crippen LogP contribution in [-0.2, 0) is 4.74 Å². The number of ether oxygens (including phenoxy) is 1. The quantitative estimate of drug-likeness (QED) is 0.693. The summed E-state index contributed by atoms with van der Waals surface area (Å²) in [5.41, 5.74) is 1.18. The van der Waals surface area contributed by atoms with Crippen LogP contribution >= 0.6 is 0 Å². The van der Waals surface area contributed by atoms with Crippen molar-refractivity contribution in [3.8, 4) is 0 Å². The lowest BCUT2D eigenvalue weighted by Gasteiger charge is -2.11. The molecule has 0 amide bonds. The molecular formula is C13H21NO. The summed E-state index contributed by atoms with van der Waals surface area (Å²) in [5, 5.41) is 3.36. The third-order valence-corrected chi connectivity index (χ3v) is 2.40. The molecule has 0 aromatic heterocycles. The van der Waals surface area contributed by atoms with Crippen molar-refractivity contribution in [2.75, 3.05) is 18.5 Å². The highest BCUT2D eigenvalue weighted by atomic mass is 16.5. The summed E-state index contributed by atoms with van der Waals surface area (Å²) < 4.78 is 5.59. The molecule has 0 saturated carbocycles. The smallest absolute Gasteiger partial charge is 0.0544 e. The highest BCUT2D eigenvalue weighted by molar-refractivity contribution is 5.42. The van der Waals surface area contributed by atoms with Crippen molar-refractivity contribution in [3.63, 3.8) is 0 Å². The first-order valence-electron chi connectivity index (χ1n) is 5.73. The van der Waals surface area contributed by atoms with E-state index in [1.165, 1.54) is 5.69 Å². The van der Waals surface area contributed by atoms with Gasteiger partial charge in [-0.2, -0.15) is 0 Å². The number of benzene rings is 1. The summed E-state index contributed by atoms with van der Waals surface area (Å²) in [5.74, 6) is 0. The van der Waals surface area contributed by atoms with E-state index in [0.717, 1.165) is 26.0 Å². The number of nitrogens with one attached hydrogen (secondary N) is 1. The second kappa shape index (κ2) is 7.30. The molecule has 1 N–H and O–H groups in total. The van der Waals surface area contributed by atoms with E-state index in [4.69, 9.17) is 4.74 Å². The molecule has 0 radical (unpaired) electrons. The average molecular weight is 207 g/mol. The van der Waals surface area contributed by atoms with Gasteiger partial charge < -0.3 is 10.1 Å². The number of para-hydroxylation sites is 1. The third-order valence-electron chi connectivity index (χ3n) is 2.40. The van der Waals surface area contributed by atoms with Crippen molar-refractivity contribution in [1.82, 2.24) is 0 Å². The predicted octanol–water partition coefficient (Wildman–Crippen LogP) is 3.30. The van der Waals surface area contributed by atoms with Gasteiger partial charge in [-0.05, 0) is 31.9 Å². The Hall–Kier alpha value is -1.02. The molecule has 2 nitrogen and oxygen atoms in total. The number of hydrogen-bond acceptors (Lipinski definition) is 2. The normalized spacial score (nSPS) is 12.4. The SMILES string of the molecule is CCC(C)OCCCNc1ccccc1. The minimum atomic E-state index is 0.390. The van der Waals surface area contributed by atoms with E-state index in [0.29, 0.717) is 6.10 Å². The molecule has 0 heterocycles. The van der Waals surface area contributed by atoms with Crippen LogP contribution in [0.15, 0.2) is 30.3 Å². The fourth-order valence-electron chi connectivity index (χ4n) is 1.26. The highest BCUT2D eigenvalue weighted by Crippen LogP contribution is 2.04. The van der Waals surface area contributed by atoms with E-state index in [2.05, 4.69) is 31.3 Å². The van der Waals surface area contributed by atoms with Gasteiger partial charge in [0.2, 0.25) is 0 Å². The molecule has 1 aromatic carbocycles. The zero-order chi connectivity index (χ0) is 10.9. The van der Waals surface area contributed by atoms with E-state index < -0.39 is 0 Å². The van der Waals surface area contributed by atoms with E-state index in [-0.39, 0.29) is 0 Å². The van der Waals surface area contributed by atoms with Crippen molar-refractivity contribution >= 4 is 5.69 Å². The molecule has 1 unspecified atom stereocenters. The summed E-state index contributed by atoms with van der Waals surface area (Å²) in [7, 11) is 0. The molecule has 2 heteroatoms. The first-order chi connectivity index (χ1) is 7.33. The van der Waals surface area contributed by atoms with Gasteiger partial charge in [0.1, 0.15) is 0 Å². The maximum atomic E-state index is 5.59. The van der Waals surface area contributed by atoms with Crippen molar-refractivity contribution in [1.29, 1.82) is 0 Å². The maximum Gasteiger partial charge on any atom is 0.0544 e. The summed E-state index contributed by atoms with van der Waals surface area (Å²) in [4.78, 5) is 0. The topological polar surface area (TPSA) is 21.3 Å². The lowest BCUT2D eigenvalue weighted by Crippen LogP contribution is -2.11. The van der Waals surface area contributed by atoms with Crippen LogP contribution in [0.5, 0.6) is 0 Å². The van der Waals surface area contributed by atoms with Crippen LogP contribution < -0.4 is 5.32 Å². The zero-order valence-corrected chi connectivity index (χ0v) is 9.70. The molecule has 0 aliphatic carbocycles. The molecule has 0 saturated heterocycles. The van der Waals surface area contributed by atoms with Crippen LogP contribution in [-0.4, -0.2) is 19.3 Å². The monoisotopic (exact) mass is 207 g/mol. The number of rotatable bonds is 7. The Kier molecular flexibility index (Phi) is 5.86. The Labute approximate surface area is 92.6 Å². The molecule has 0 spiro atoms. The fraction of sp³-hybridized carbons (Fsp3) is 0.538. The zero-order valence-electron chi connectivity index (χ0n) is 9.70. The Balaban J connectivity index is 2.03. The molecule has 0 fully saturated rings. The van der Waals surface area contributed by atoms with Gasteiger partial charge in [0.05, 0.1) is 6.10 Å². The molecule has 1 rings (SSSR count). The Morgan fingerprint density at radius 1 is 1.27 bits per heavy atom. The van der Waals surface area contributed by atoms with E-state index in [9.17, 15) is 0 Å². The van der Waals surface area contributed by atoms with Gasteiger partial charge in [-0.25, -0.2) is 0 Å². The Morgan fingerprint density at radius 3 is 2.67 bits per heavy atom. The van der Waals surface area contributed by atoms with Gasteiger partial charge in [-0.1, -0.05) is 25.1 Å². The van der Waals surface area contributed by atoms with Gasteiger partial charge in [0, 0.05) is 18.8 Å². The van der Waals surface area contributed by atoms with Crippen molar-refractivity contribution in [2.24, 2.45) is 0 Å². The number of hydrogen-bond donors (Lipinski definition) is 1. The molecule has 1 aromatic rings. The highest BCUT2D eigenvalue weighted by Gasteiger charge is 1.96. The van der Waals surface area contributed by atoms with E-state index in [1.807, 2.05) is 18.2 Å². The Morgan fingerprint density at radius 2 is 2.00 bits per heavy atom. The Bertz CT molecular complexity index is 248. The first kappa shape index (κ1) is 12.1. The van der Waals surface area contributed by atoms with Gasteiger partial charge in [-0.15, -0.1) is 0 Å². The van der Waals surface area contributed by atoms with Crippen LogP contribution in [0.3, 0.4) is 0 Å². The van der Waals surface area contributed by atoms with Gasteiger partial charge in [0.15, 0.2) is 0 Å². The molecule has 1 atom stereocenters.